The summed E-state index contributed by atoms with van der Waals surface area (Å²) in [7, 11) is 0. The van der Waals surface area contributed by atoms with Crippen LogP contribution in [0.4, 0.5) is 0 Å². The average Bonchev–Trinajstić information content (AvgIpc) is 2.56. The first-order valence-electron chi connectivity index (χ1n) is 9.32. The summed E-state index contributed by atoms with van der Waals surface area (Å²) < 4.78 is 0. The molecule has 1 N–H and O–H groups in total. The van der Waals surface area contributed by atoms with Crippen LogP contribution in [0.5, 0.6) is 0 Å². The van der Waals surface area contributed by atoms with Crippen molar-refractivity contribution in [1.82, 2.24) is 10.3 Å². The summed E-state index contributed by atoms with van der Waals surface area (Å²) in [6.07, 6.45) is 12.7. The molecule has 0 radical (unpaired) electrons. The number of rotatable bonds is 11. The molecule has 22 heavy (non-hydrogen) atoms. The number of piperidine rings is 1. The van der Waals surface area contributed by atoms with Crippen LogP contribution in [-0.2, 0) is 4.79 Å². The van der Waals surface area contributed by atoms with Crippen LogP contribution in [-0.4, -0.2) is 36.2 Å². The van der Waals surface area contributed by atoms with Gasteiger partial charge in [0.15, 0.2) is 0 Å². The highest BCUT2D eigenvalue weighted by molar-refractivity contribution is 5.87. The van der Waals surface area contributed by atoms with E-state index in [2.05, 4.69) is 29.3 Å². The number of carbonyl (C=O) groups excluding carboxylic acids is 1. The van der Waals surface area contributed by atoms with Crippen LogP contribution in [0, 0.1) is 0 Å². The van der Waals surface area contributed by atoms with Crippen molar-refractivity contribution in [2.24, 2.45) is 5.10 Å². The molecule has 1 amide bonds. The number of unbranched alkanes of at least 4 members (excludes halogenated alkanes) is 7. The van der Waals surface area contributed by atoms with E-state index in [0.29, 0.717) is 6.42 Å². The summed E-state index contributed by atoms with van der Waals surface area (Å²) in [5.41, 5.74) is 3.88. The van der Waals surface area contributed by atoms with Crippen molar-refractivity contribution in [1.29, 1.82) is 0 Å². The summed E-state index contributed by atoms with van der Waals surface area (Å²) in [6, 6.07) is 0. The molecule has 0 spiro atoms. The molecule has 128 valence electrons. The predicted molar refractivity (Wildman–Crippen MR) is 94.2 cm³/mol. The third-order valence-corrected chi connectivity index (χ3v) is 4.48. The van der Waals surface area contributed by atoms with E-state index in [4.69, 9.17) is 0 Å². The zero-order valence-electron chi connectivity index (χ0n) is 14.7. The Balaban J connectivity index is 1.97. The van der Waals surface area contributed by atoms with Crippen LogP contribution in [0.1, 0.15) is 84.5 Å². The van der Waals surface area contributed by atoms with Crippen molar-refractivity contribution in [3.05, 3.63) is 0 Å². The SMILES string of the molecule is CCCCCCCCCCC(=O)NN=C1CCN(CC)CC1. The van der Waals surface area contributed by atoms with Gasteiger partial charge in [0.25, 0.3) is 0 Å². The molecular weight excluding hydrogens is 274 g/mol. The Morgan fingerprint density at radius 3 is 2.18 bits per heavy atom. The third-order valence-electron chi connectivity index (χ3n) is 4.48. The normalized spacial score (nSPS) is 15.8. The summed E-state index contributed by atoms with van der Waals surface area (Å²) in [4.78, 5) is 14.2. The molecule has 4 heteroatoms. The molecule has 0 aromatic heterocycles. The molecule has 1 saturated heterocycles. The maximum absolute atomic E-state index is 11.8. The second-order valence-corrected chi connectivity index (χ2v) is 6.37. The van der Waals surface area contributed by atoms with Crippen LogP contribution in [0.15, 0.2) is 5.10 Å². The second kappa shape index (κ2) is 12.6. The van der Waals surface area contributed by atoms with Gasteiger partial charge in [-0.15, -0.1) is 0 Å². The van der Waals surface area contributed by atoms with E-state index in [1.807, 2.05) is 0 Å². The van der Waals surface area contributed by atoms with E-state index in [1.54, 1.807) is 0 Å². The van der Waals surface area contributed by atoms with Gasteiger partial charge in [0.2, 0.25) is 5.91 Å². The van der Waals surface area contributed by atoms with E-state index < -0.39 is 0 Å². The minimum absolute atomic E-state index is 0.0800. The van der Waals surface area contributed by atoms with Gasteiger partial charge in [0.1, 0.15) is 0 Å². The highest BCUT2D eigenvalue weighted by Crippen LogP contribution is 2.10. The lowest BCUT2D eigenvalue weighted by Crippen LogP contribution is -2.34. The molecule has 4 nitrogen and oxygen atoms in total. The van der Waals surface area contributed by atoms with Crippen molar-refractivity contribution in [3.63, 3.8) is 0 Å². The number of carbonyl (C=O) groups is 1. The van der Waals surface area contributed by atoms with E-state index >= 15 is 0 Å². The van der Waals surface area contributed by atoms with Crippen LogP contribution in [0.2, 0.25) is 0 Å². The van der Waals surface area contributed by atoms with Gasteiger partial charge < -0.3 is 4.90 Å². The summed E-state index contributed by atoms with van der Waals surface area (Å²) in [5, 5.41) is 4.29. The van der Waals surface area contributed by atoms with Gasteiger partial charge in [-0.25, -0.2) is 5.43 Å². The highest BCUT2D eigenvalue weighted by atomic mass is 16.2. The lowest BCUT2D eigenvalue weighted by Gasteiger charge is -2.25. The third kappa shape index (κ3) is 9.19. The molecule has 0 atom stereocenters. The fourth-order valence-electron chi connectivity index (χ4n) is 2.86. The van der Waals surface area contributed by atoms with Crippen molar-refractivity contribution >= 4 is 11.6 Å². The molecule has 0 saturated carbocycles. The molecule has 0 aromatic carbocycles. The Kier molecular flexibility index (Phi) is 11.0. The Morgan fingerprint density at radius 2 is 1.59 bits per heavy atom. The maximum Gasteiger partial charge on any atom is 0.240 e. The Labute approximate surface area is 136 Å². The zero-order valence-corrected chi connectivity index (χ0v) is 14.7. The van der Waals surface area contributed by atoms with Gasteiger partial charge in [-0.05, 0) is 13.0 Å². The predicted octanol–water partition coefficient (Wildman–Crippen LogP) is 4.11. The number of amides is 1. The molecule has 0 bridgehead atoms. The average molecular weight is 309 g/mol. The molecule has 1 rings (SSSR count). The lowest BCUT2D eigenvalue weighted by molar-refractivity contribution is -0.121. The van der Waals surface area contributed by atoms with Crippen molar-refractivity contribution < 1.29 is 4.79 Å². The van der Waals surface area contributed by atoms with Gasteiger partial charge in [0, 0.05) is 38.1 Å². The zero-order chi connectivity index (χ0) is 16.0. The Bertz CT molecular complexity index is 318. The molecule has 0 aliphatic carbocycles. The first-order chi connectivity index (χ1) is 10.8. The first-order valence-corrected chi connectivity index (χ1v) is 9.32. The second-order valence-electron chi connectivity index (χ2n) is 6.37. The fourth-order valence-corrected chi connectivity index (χ4v) is 2.86. The molecule has 1 heterocycles. The lowest BCUT2D eigenvalue weighted by atomic mass is 10.1. The number of hydrazone groups is 1. The Morgan fingerprint density at radius 1 is 1.00 bits per heavy atom. The van der Waals surface area contributed by atoms with Crippen molar-refractivity contribution in [2.45, 2.75) is 84.5 Å². The largest absolute Gasteiger partial charge is 0.303 e. The Hall–Kier alpha value is -0.900. The summed E-state index contributed by atoms with van der Waals surface area (Å²) >= 11 is 0. The van der Waals surface area contributed by atoms with Crippen LogP contribution in [0.3, 0.4) is 0 Å². The first kappa shape index (κ1) is 19.1. The molecule has 1 aliphatic rings. The number of nitrogens with one attached hydrogen (secondary N) is 1. The van der Waals surface area contributed by atoms with Crippen LogP contribution < -0.4 is 5.43 Å². The number of likely N-dealkylation sites (tertiary alicyclic amines) is 1. The quantitative estimate of drug-likeness (QED) is 0.461. The van der Waals surface area contributed by atoms with E-state index in [9.17, 15) is 4.79 Å². The van der Waals surface area contributed by atoms with Crippen LogP contribution in [0.25, 0.3) is 0 Å². The van der Waals surface area contributed by atoms with E-state index in [1.165, 1.54) is 44.9 Å². The van der Waals surface area contributed by atoms with Crippen molar-refractivity contribution in [2.75, 3.05) is 19.6 Å². The standard InChI is InChI=1S/C18H35N3O/c1-3-5-6-7-8-9-10-11-12-18(22)20-19-17-13-15-21(4-2)16-14-17/h3-16H2,1-2H3,(H,20,22). The molecule has 1 aliphatic heterocycles. The minimum Gasteiger partial charge on any atom is -0.303 e. The summed E-state index contributed by atoms with van der Waals surface area (Å²) in [6.45, 7) is 7.69. The monoisotopic (exact) mass is 309 g/mol. The van der Waals surface area contributed by atoms with Gasteiger partial charge in [-0.2, -0.15) is 5.10 Å². The number of hydrogen-bond acceptors (Lipinski definition) is 3. The molecular formula is C18H35N3O. The van der Waals surface area contributed by atoms with E-state index in [-0.39, 0.29) is 5.91 Å². The molecule has 0 aromatic rings. The number of nitrogens with zero attached hydrogens (tertiary/aromatic N) is 2. The van der Waals surface area contributed by atoms with Gasteiger partial charge in [0.05, 0.1) is 0 Å². The topological polar surface area (TPSA) is 44.7 Å². The molecule has 1 fully saturated rings. The van der Waals surface area contributed by atoms with Gasteiger partial charge in [-0.1, -0.05) is 58.8 Å². The smallest absolute Gasteiger partial charge is 0.240 e. The molecule has 0 unspecified atom stereocenters. The van der Waals surface area contributed by atoms with Crippen LogP contribution >= 0.6 is 0 Å². The summed E-state index contributed by atoms with van der Waals surface area (Å²) in [5.74, 6) is 0.0800. The van der Waals surface area contributed by atoms with Crippen molar-refractivity contribution in [3.8, 4) is 0 Å². The van der Waals surface area contributed by atoms with Gasteiger partial charge >= 0.3 is 0 Å². The minimum atomic E-state index is 0.0800. The highest BCUT2D eigenvalue weighted by Gasteiger charge is 2.13. The number of hydrogen-bond donors (Lipinski definition) is 1. The van der Waals surface area contributed by atoms with Gasteiger partial charge in [-0.3, -0.25) is 4.79 Å². The van der Waals surface area contributed by atoms with E-state index in [0.717, 1.165) is 44.6 Å². The maximum atomic E-state index is 11.8. The fraction of sp³-hybridized carbons (Fsp3) is 0.889.